The molecule has 0 bridgehead atoms. The van der Waals surface area contributed by atoms with Crippen molar-refractivity contribution in [1.29, 1.82) is 0 Å². The van der Waals surface area contributed by atoms with Gasteiger partial charge in [-0.05, 0) is 25.0 Å². The van der Waals surface area contributed by atoms with Crippen LogP contribution < -0.4 is 15.6 Å². The Morgan fingerprint density at radius 2 is 2.00 bits per heavy atom. The highest BCUT2D eigenvalue weighted by atomic mass is 16.5. The lowest BCUT2D eigenvalue weighted by atomic mass is 10.0. The molecule has 2 N–H and O–H groups in total. The Bertz CT molecular complexity index is 759. The van der Waals surface area contributed by atoms with E-state index in [1.807, 2.05) is 18.2 Å². The highest BCUT2D eigenvalue weighted by molar-refractivity contribution is 5.94. The van der Waals surface area contributed by atoms with Crippen molar-refractivity contribution in [3.05, 3.63) is 64.1 Å². The third-order valence-corrected chi connectivity index (χ3v) is 4.56. The number of para-hydroxylation sites is 1. The molecule has 2 aromatic rings. The Balaban J connectivity index is 1.51. The van der Waals surface area contributed by atoms with Gasteiger partial charge in [0.05, 0.1) is 12.7 Å². The number of aromatic amines is 1. The molecule has 1 aliphatic rings. The molecule has 0 aliphatic carbocycles. The van der Waals surface area contributed by atoms with Crippen LogP contribution in [0.15, 0.2) is 47.4 Å². The number of carbonyl (C=O) groups excluding carboxylic acids is 1. The second kappa shape index (κ2) is 7.98. The summed E-state index contributed by atoms with van der Waals surface area (Å²) in [5, 5.41) is 3.05. The van der Waals surface area contributed by atoms with Crippen LogP contribution in [0.4, 0.5) is 0 Å². The van der Waals surface area contributed by atoms with E-state index in [1.165, 1.54) is 17.8 Å². The average Bonchev–Trinajstić information content (AvgIpc) is 2.64. The molecule has 1 fully saturated rings. The van der Waals surface area contributed by atoms with Crippen molar-refractivity contribution in [1.82, 2.24) is 15.2 Å². The number of methoxy groups -OCH3 is 1. The van der Waals surface area contributed by atoms with Gasteiger partial charge in [-0.15, -0.1) is 0 Å². The van der Waals surface area contributed by atoms with Gasteiger partial charge in [0.1, 0.15) is 5.75 Å². The fourth-order valence-corrected chi connectivity index (χ4v) is 3.13. The third kappa shape index (κ3) is 4.48. The SMILES string of the molecule is COc1ccccc1CN1CCC(NC(=O)c2ccc(=O)[nH]c2)CC1. The molecule has 132 valence electrons. The largest absolute Gasteiger partial charge is 0.496 e. The lowest BCUT2D eigenvalue weighted by molar-refractivity contribution is 0.0908. The van der Waals surface area contributed by atoms with Crippen LogP contribution in [-0.4, -0.2) is 42.0 Å². The number of pyridine rings is 1. The topological polar surface area (TPSA) is 74.4 Å². The maximum absolute atomic E-state index is 12.2. The normalized spacial score (nSPS) is 15.7. The molecule has 3 rings (SSSR count). The van der Waals surface area contributed by atoms with Crippen LogP contribution in [-0.2, 0) is 6.54 Å². The highest BCUT2D eigenvalue weighted by Gasteiger charge is 2.21. The number of ether oxygens (including phenoxy) is 1. The summed E-state index contributed by atoms with van der Waals surface area (Å²) < 4.78 is 5.41. The number of likely N-dealkylation sites (tertiary alicyclic amines) is 1. The van der Waals surface area contributed by atoms with E-state index in [0.29, 0.717) is 5.56 Å². The number of nitrogens with zero attached hydrogens (tertiary/aromatic N) is 1. The van der Waals surface area contributed by atoms with Gasteiger partial charge in [-0.1, -0.05) is 18.2 Å². The molecular weight excluding hydrogens is 318 g/mol. The first-order valence-electron chi connectivity index (χ1n) is 8.49. The van der Waals surface area contributed by atoms with E-state index < -0.39 is 0 Å². The first kappa shape index (κ1) is 17.2. The number of piperidine rings is 1. The number of hydrogen-bond acceptors (Lipinski definition) is 4. The summed E-state index contributed by atoms with van der Waals surface area (Å²) in [6, 6.07) is 11.1. The summed E-state index contributed by atoms with van der Waals surface area (Å²) in [5.74, 6) is 0.774. The van der Waals surface area contributed by atoms with Gasteiger partial charge in [0, 0.05) is 43.5 Å². The second-order valence-electron chi connectivity index (χ2n) is 6.28. The van der Waals surface area contributed by atoms with Crippen LogP contribution in [0.1, 0.15) is 28.8 Å². The number of rotatable bonds is 5. The molecule has 0 unspecified atom stereocenters. The average molecular weight is 341 g/mol. The molecule has 0 saturated carbocycles. The van der Waals surface area contributed by atoms with Crippen molar-refractivity contribution >= 4 is 5.91 Å². The molecule has 6 nitrogen and oxygen atoms in total. The fraction of sp³-hybridized carbons (Fsp3) is 0.368. The van der Waals surface area contributed by atoms with Crippen LogP contribution in [0.5, 0.6) is 5.75 Å². The molecular formula is C19H23N3O3. The van der Waals surface area contributed by atoms with Gasteiger partial charge in [0.2, 0.25) is 5.56 Å². The van der Waals surface area contributed by atoms with E-state index in [1.54, 1.807) is 13.2 Å². The molecule has 0 radical (unpaired) electrons. The maximum Gasteiger partial charge on any atom is 0.252 e. The Labute approximate surface area is 146 Å². The molecule has 1 aromatic heterocycles. The van der Waals surface area contributed by atoms with Gasteiger partial charge in [0.15, 0.2) is 0 Å². The van der Waals surface area contributed by atoms with Crippen LogP contribution >= 0.6 is 0 Å². The number of aromatic nitrogens is 1. The van der Waals surface area contributed by atoms with Gasteiger partial charge < -0.3 is 15.0 Å². The van der Waals surface area contributed by atoms with E-state index >= 15 is 0 Å². The van der Waals surface area contributed by atoms with E-state index in [2.05, 4.69) is 21.3 Å². The maximum atomic E-state index is 12.2. The summed E-state index contributed by atoms with van der Waals surface area (Å²) in [5.41, 5.74) is 1.46. The number of H-pyrrole nitrogens is 1. The molecule has 2 heterocycles. The Kier molecular flexibility index (Phi) is 5.50. The summed E-state index contributed by atoms with van der Waals surface area (Å²) >= 11 is 0. The monoisotopic (exact) mass is 341 g/mol. The minimum Gasteiger partial charge on any atom is -0.496 e. The van der Waals surface area contributed by atoms with E-state index in [-0.39, 0.29) is 17.5 Å². The number of carbonyl (C=O) groups is 1. The van der Waals surface area contributed by atoms with Crippen LogP contribution in [0, 0.1) is 0 Å². The Hall–Kier alpha value is -2.60. The van der Waals surface area contributed by atoms with Crippen LogP contribution in [0.3, 0.4) is 0 Å². The lowest BCUT2D eigenvalue weighted by Crippen LogP contribution is -2.44. The summed E-state index contributed by atoms with van der Waals surface area (Å²) in [6.45, 7) is 2.70. The van der Waals surface area contributed by atoms with Crippen molar-refractivity contribution < 1.29 is 9.53 Å². The highest BCUT2D eigenvalue weighted by Crippen LogP contribution is 2.21. The predicted octanol–water partition coefficient (Wildman–Crippen LogP) is 1.78. The molecule has 1 amide bonds. The summed E-state index contributed by atoms with van der Waals surface area (Å²) in [4.78, 5) is 28.2. The van der Waals surface area contributed by atoms with Crippen LogP contribution in [0.2, 0.25) is 0 Å². The second-order valence-corrected chi connectivity index (χ2v) is 6.28. The first-order valence-corrected chi connectivity index (χ1v) is 8.49. The molecule has 0 atom stereocenters. The van der Waals surface area contributed by atoms with E-state index in [4.69, 9.17) is 4.74 Å². The van der Waals surface area contributed by atoms with Crippen molar-refractivity contribution in [2.24, 2.45) is 0 Å². The van der Waals surface area contributed by atoms with Crippen molar-refractivity contribution in [2.45, 2.75) is 25.4 Å². The molecule has 25 heavy (non-hydrogen) atoms. The van der Waals surface area contributed by atoms with E-state index in [0.717, 1.165) is 38.2 Å². The molecule has 6 heteroatoms. The Morgan fingerprint density at radius 1 is 1.24 bits per heavy atom. The number of benzene rings is 1. The summed E-state index contributed by atoms with van der Waals surface area (Å²) in [7, 11) is 1.69. The minimum absolute atomic E-state index is 0.139. The quantitative estimate of drug-likeness (QED) is 0.869. The number of amides is 1. The number of nitrogens with one attached hydrogen (secondary N) is 2. The van der Waals surface area contributed by atoms with Gasteiger partial charge >= 0.3 is 0 Å². The standard InChI is InChI=1S/C19H23N3O3/c1-25-17-5-3-2-4-15(17)13-22-10-8-16(9-11-22)21-19(24)14-6-7-18(23)20-12-14/h2-7,12,16H,8-11,13H2,1H3,(H,20,23)(H,21,24). The lowest BCUT2D eigenvalue weighted by Gasteiger charge is -2.32. The minimum atomic E-state index is -0.207. The molecule has 0 spiro atoms. The van der Waals surface area contributed by atoms with Crippen LogP contribution in [0.25, 0.3) is 0 Å². The zero-order valence-electron chi connectivity index (χ0n) is 14.3. The van der Waals surface area contributed by atoms with Crippen molar-refractivity contribution in [2.75, 3.05) is 20.2 Å². The van der Waals surface area contributed by atoms with E-state index in [9.17, 15) is 9.59 Å². The van der Waals surface area contributed by atoms with Gasteiger partial charge in [-0.3, -0.25) is 14.5 Å². The zero-order chi connectivity index (χ0) is 17.6. The van der Waals surface area contributed by atoms with Gasteiger partial charge in [-0.2, -0.15) is 0 Å². The fourth-order valence-electron chi connectivity index (χ4n) is 3.13. The van der Waals surface area contributed by atoms with Gasteiger partial charge in [-0.25, -0.2) is 0 Å². The van der Waals surface area contributed by atoms with Crippen molar-refractivity contribution in [3.8, 4) is 5.75 Å². The van der Waals surface area contributed by atoms with Crippen molar-refractivity contribution in [3.63, 3.8) is 0 Å². The smallest absolute Gasteiger partial charge is 0.252 e. The molecule has 1 aromatic carbocycles. The summed E-state index contributed by atoms with van der Waals surface area (Å²) in [6.07, 6.45) is 3.27. The third-order valence-electron chi connectivity index (χ3n) is 4.56. The number of hydrogen-bond donors (Lipinski definition) is 2. The molecule has 1 aliphatic heterocycles. The van der Waals surface area contributed by atoms with Gasteiger partial charge in [0.25, 0.3) is 5.91 Å². The first-order chi connectivity index (χ1) is 12.2. The zero-order valence-corrected chi connectivity index (χ0v) is 14.3. The Morgan fingerprint density at radius 3 is 2.68 bits per heavy atom. The molecule has 1 saturated heterocycles. The predicted molar refractivity (Wildman–Crippen MR) is 95.8 cm³/mol.